The SMILES string of the molecule is O=C1CCC(N2C(=O)c3ccc(N4CCN(C(=O)CC5CCNCC5)CC4)cc3C2=O)C(=O)N1. The molecule has 10 nitrogen and oxygen atoms in total. The molecule has 4 aliphatic rings. The number of hydrogen-bond donors (Lipinski definition) is 2. The van der Waals surface area contributed by atoms with Crippen LogP contribution in [0.15, 0.2) is 18.2 Å². The molecule has 3 fully saturated rings. The topological polar surface area (TPSA) is 119 Å². The molecule has 4 heterocycles. The monoisotopic (exact) mass is 467 g/mol. The van der Waals surface area contributed by atoms with Gasteiger partial charge >= 0.3 is 0 Å². The van der Waals surface area contributed by atoms with Crippen molar-refractivity contribution < 1.29 is 24.0 Å². The Kier molecular flexibility index (Phi) is 6.07. The van der Waals surface area contributed by atoms with Crippen molar-refractivity contribution in [3.8, 4) is 0 Å². The number of imide groups is 2. The molecule has 34 heavy (non-hydrogen) atoms. The van der Waals surface area contributed by atoms with Crippen LogP contribution in [0.3, 0.4) is 0 Å². The van der Waals surface area contributed by atoms with Crippen molar-refractivity contribution in [3.63, 3.8) is 0 Å². The van der Waals surface area contributed by atoms with Gasteiger partial charge in [-0.1, -0.05) is 0 Å². The highest BCUT2D eigenvalue weighted by molar-refractivity contribution is 6.23. The summed E-state index contributed by atoms with van der Waals surface area (Å²) >= 11 is 0. The van der Waals surface area contributed by atoms with Crippen LogP contribution in [-0.4, -0.2) is 84.6 Å². The first-order valence-corrected chi connectivity index (χ1v) is 12.0. The standard InChI is InChI=1S/C24H29N5O5/c30-20-4-3-19(22(32)26-20)29-23(33)17-2-1-16(14-18(17)24(29)34)27-9-11-28(12-10-27)21(31)13-15-5-7-25-8-6-15/h1-2,14-15,19,25H,3-13H2,(H,26,30,32). The number of amides is 5. The van der Waals surface area contributed by atoms with Gasteiger partial charge in [0, 0.05) is 44.7 Å². The third kappa shape index (κ3) is 4.18. The van der Waals surface area contributed by atoms with Crippen LogP contribution < -0.4 is 15.5 Å². The third-order valence-electron chi connectivity index (χ3n) is 7.34. The lowest BCUT2D eigenvalue weighted by molar-refractivity contribution is -0.136. The van der Waals surface area contributed by atoms with E-state index < -0.39 is 29.7 Å². The number of nitrogens with zero attached hydrogens (tertiary/aromatic N) is 3. The predicted octanol–water partition coefficient (Wildman–Crippen LogP) is 0.126. The maximum absolute atomic E-state index is 13.1. The summed E-state index contributed by atoms with van der Waals surface area (Å²) in [5.41, 5.74) is 1.36. The number of anilines is 1. The molecule has 0 aliphatic carbocycles. The van der Waals surface area contributed by atoms with E-state index in [1.54, 1.807) is 12.1 Å². The quantitative estimate of drug-likeness (QED) is 0.604. The lowest BCUT2D eigenvalue weighted by Gasteiger charge is -2.37. The molecule has 1 unspecified atom stereocenters. The first-order chi connectivity index (χ1) is 16.4. The van der Waals surface area contributed by atoms with Gasteiger partial charge in [0.05, 0.1) is 11.1 Å². The molecule has 4 aliphatic heterocycles. The number of piperidine rings is 2. The molecule has 0 radical (unpaired) electrons. The van der Waals surface area contributed by atoms with Gasteiger partial charge in [-0.3, -0.25) is 34.2 Å². The van der Waals surface area contributed by atoms with Gasteiger partial charge < -0.3 is 15.1 Å². The third-order valence-corrected chi connectivity index (χ3v) is 7.34. The number of fused-ring (bicyclic) bond motifs is 1. The van der Waals surface area contributed by atoms with Gasteiger partial charge in [0.2, 0.25) is 17.7 Å². The average Bonchev–Trinajstić information content (AvgIpc) is 3.09. The van der Waals surface area contributed by atoms with Crippen molar-refractivity contribution in [2.24, 2.45) is 5.92 Å². The molecule has 10 heteroatoms. The van der Waals surface area contributed by atoms with E-state index in [1.807, 2.05) is 11.0 Å². The van der Waals surface area contributed by atoms with Gasteiger partial charge in [-0.15, -0.1) is 0 Å². The van der Waals surface area contributed by atoms with Gasteiger partial charge in [0.1, 0.15) is 6.04 Å². The molecule has 0 aromatic heterocycles. The number of rotatable bonds is 4. The van der Waals surface area contributed by atoms with E-state index >= 15 is 0 Å². The summed E-state index contributed by atoms with van der Waals surface area (Å²) in [4.78, 5) is 67.4. The van der Waals surface area contributed by atoms with Crippen LogP contribution in [0.1, 0.15) is 52.8 Å². The van der Waals surface area contributed by atoms with E-state index in [0.717, 1.165) is 36.5 Å². The summed E-state index contributed by atoms with van der Waals surface area (Å²) in [5.74, 6) is -1.35. The van der Waals surface area contributed by atoms with Crippen LogP contribution in [0.25, 0.3) is 0 Å². The zero-order valence-corrected chi connectivity index (χ0v) is 19.0. The largest absolute Gasteiger partial charge is 0.368 e. The van der Waals surface area contributed by atoms with Crippen molar-refractivity contribution >= 4 is 35.2 Å². The Morgan fingerprint density at radius 1 is 0.912 bits per heavy atom. The first kappa shape index (κ1) is 22.5. The maximum Gasteiger partial charge on any atom is 0.262 e. The lowest BCUT2D eigenvalue weighted by Crippen LogP contribution is -2.54. The minimum Gasteiger partial charge on any atom is -0.368 e. The van der Waals surface area contributed by atoms with E-state index in [1.165, 1.54) is 0 Å². The minimum atomic E-state index is -0.969. The normalized spacial score (nSPS) is 23.9. The number of carbonyl (C=O) groups excluding carboxylic acids is 5. The molecular formula is C24H29N5O5. The fourth-order valence-electron chi connectivity index (χ4n) is 5.33. The van der Waals surface area contributed by atoms with Crippen LogP contribution in [0.2, 0.25) is 0 Å². The van der Waals surface area contributed by atoms with Crippen molar-refractivity contribution in [2.45, 2.75) is 38.1 Å². The molecule has 1 aromatic carbocycles. The number of benzene rings is 1. The minimum absolute atomic E-state index is 0.0930. The second-order valence-corrected chi connectivity index (χ2v) is 9.44. The van der Waals surface area contributed by atoms with Gasteiger partial charge in [0.25, 0.3) is 11.8 Å². The smallest absolute Gasteiger partial charge is 0.262 e. The maximum atomic E-state index is 13.1. The Balaban J connectivity index is 1.23. The summed E-state index contributed by atoms with van der Waals surface area (Å²) < 4.78 is 0. The average molecular weight is 468 g/mol. The summed E-state index contributed by atoms with van der Waals surface area (Å²) in [7, 11) is 0. The Labute approximate surface area is 197 Å². The molecule has 0 saturated carbocycles. The summed E-state index contributed by atoms with van der Waals surface area (Å²) in [5, 5.41) is 5.54. The van der Waals surface area contributed by atoms with Gasteiger partial charge in [-0.25, -0.2) is 0 Å². The Morgan fingerprint density at radius 3 is 2.32 bits per heavy atom. The van der Waals surface area contributed by atoms with E-state index in [0.29, 0.717) is 38.5 Å². The van der Waals surface area contributed by atoms with Crippen LogP contribution in [0.4, 0.5) is 5.69 Å². The molecule has 180 valence electrons. The highest BCUT2D eigenvalue weighted by atomic mass is 16.2. The molecule has 3 saturated heterocycles. The highest BCUT2D eigenvalue weighted by Crippen LogP contribution is 2.31. The number of carbonyl (C=O) groups is 5. The molecule has 0 bridgehead atoms. The Morgan fingerprint density at radius 2 is 1.62 bits per heavy atom. The number of piperazine rings is 1. The van der Waals surface area contributed by atoms with Crippen LogP contribution in [0, 0.1) is 5.92 Å². The van der Waals surface area contributed by atoms with Gasteiger partial charge in [-0.05, 0) is 56.5 Å². The number of hydrogen-bond acceptors (Lipinski definition) is 7. The molecule has 5 rings (SSSR count). The van der Waals surface area contributed by atoms with Crippen molar-refractivity contribution in [1.29, 1.82) is 0 Å². The zero-order valence-electron chi connectivity index (χ0n) is 19.0. The van der Waals surface area contributed by atoms with Crippen molar-refractivity contribution in [1.82, 2.24) is 20.4 Å². The lowest BCUT2D eigenvalue weighted by atomic mass is 9.94. The molecule has 1 aromatic rings. The van der Waals surface area contributed by atoms with E-state index in [-0.39, 0.29) is 29.9 Å². The van der Waals surface area contributed by atoms with Crippen LogP contribution in [0.5, 0.6) is 0 Å². The number of nitrogens with one attached hydrogen (secondary N) is 2. The molecule has 0 spiro atoms. The van der Waals surface area contributed by atoms with Crippen LogP contribution in [-0.2, 0) is 14.4 Å². The fraction of sp³-hybridized carbons (Fsp3) is 0.542. The highest BCUT2D eigenvalue weighted by Gasteiger charge is 2.44. The second-order valence-electron chi connectivity index (χ2n) is 9.44. The first-order valence-electron chi connectivity index (χ1n) is 12.0. The van der Waals surface area contributed by atoms with E-state index in [2.05, 4.69) is 15.5 Å². The predicted molar refractivity (Wildman–Crippen MR) is 122 cm³/mol. The van der Waals surface area contributed by atoms with E-state index in [4.69, 9.17) is 0 Å². The molecular weight excluding hydrogens is 438 g/mol. The Bertz CT molecular complexity index is 1040. The zero-order chi connectivity index (χ0) is 23.8. The van der Waals surface area contributed by atoms with Crippen molar-refractivity contribution in [3.05, 3.63) is 29.3 Å². The summed E-state index contributed by atoms with van der Waals surface area (Å²) in [6.07, 6.45) is 2.92. The Hall–Kier alpha value is -3.27. The summed E-state index contributed by atoms with van der Waals surface area (Å²) in [6.45, 7) is 4.50. The van der Waals surface area contributed by atoms with E-state index in [9.17, 15) is 24.0 Å². The fourth-order valence-corrected chi connectivity index (χ4v) is 5.33. The molecule has 1 atom stereocenters. The van der Waals surface area contributed by atoms with Crippen LogP contribution >= 0.6 is 0 Å². The van der Waals surface area contributed by atoms with Crippen molar-refractivity contribution in [2.75, 3.05) is 44.2 Å². The molecule has 5 amide bonds. The molecule has 2 N–H and O–H groups in total. The second kappa shape index (κ2) is 9.17. The summed E-state index contributed by atoms with van der Waals surface area (Å²) in [6, 6.07) is 4.17. The van der Waals surface area contributed by atoms with Gasteiger partial charge in [0.15, 0.2) is 0 Å². The van der Waals surface area contributed by atoms with Gasteiger partial charge in [-0.2, -0.15) is 0 Å².